The molecular weight excluding hydrogens is 177 g/mol. The average molecular weight is 188 g/mol. The van der Waals surface area contributed by atoms with Gasteiger partial charge in [0.25, 0.3) is 5.92 Å². The summed E-state index contributed by atoms with van der Waals surface area (Å²) < 4.78 is 38.5. The van der Waals surface area contributed by atoms with E-state index in [1.807, 2.05) is 6.92 Å². The van der Waals surface area contributed by atoms with Crippen molar-refractivity contribution in [2.45, 2.75) is 26.2 Å². The van der Waals surface area contributed by atoms with E-state index in [1.165, 1.54) is 12.1 Å². The molecule has 0 saturated carbocycles. The zero-order chi connectivity index (χ0) is 10.1. The fraction of sp³-hybridized carbons (Fsp3) is 0.400. The monoisotopic (exact) mass is 188 g/mol. The van der Waals surface area contributed by atoms with Gasteiger partial charge in [0, 0.05) is 6.92 Å². The SMILES string of the molecule is CCc1ccc(F)c(C(C)(F)F)c1. The number of hydrogen-bond acceptors (Lipinski definition) is 0. The normalized spacial score (nSPS) is 11.8. The molecule has 0 radical (unpaired) electrons. The Kier molecular flexibility index (Phi) is 2.64. The van der Waals surface area contributed by atoms with Gasteiger partial charge in [-0.25, -0.2) is 13.2 Å². The fourth-order valence-electron chi connectivity index (χ4n) is 1.13. The van der Waals surface area contributed by atoms with Gasteiger partial charge in [-0.1, -0.05) is 13.0 Å². The molecule has 0 atom stereocenters. The summed E-state index contributed by atoms with van der Waals surface area (Å²) in [5.41, 5.74) is 0.199. The van der Waals surface area contributed by atoms with Crippen LogP contribution >= 0.6 is 0 Å². The van der Waals surface area contributed by atoms with Gasteiger partial charge >= 0.3 is 0 Å². The maximum atomic E-state index is 12.9. The van der Waals surface area contributed by atoms with Crippen LogP contribution in [0.4, 0.5) is 13.2 Å². The van der Waals surface area contributed by atoms with Crippen molar-refractivity contribution in [3.63, 3.8) is 0 Å². The minimum Gasteiger partial charge on any atom is -0.206 e. The molecule has 0 bridgehead atoms. The number of aryl methyl sites for hydroxylation is 1. The Hall–Kier alpha value is -0.990. The quantitative estimate of drug-likeness (QED) is 0.666. The van der Waals surface area contributed by atoms with E-state index in [9.17, 15) is 13.2 Å². The Morgan fingerprint density at radius 1 is 1.31 bits per heavy atom. The molecule has 0 spiro atoms. The molecule has 0 aliphatic rings. The molecule has 0 aliphatic carbocycles. The zero-order valence-electron chi connectivity index (χ0n) is 7.57. The summed E-state index contributed by atoms with van der Waals surface area (Å²) in [6.45, 7) is 2.54. The van der Waals surface area contributed by atoms with E-state index in [0.717, 1.165) is 11.6 Å². The maximum Gasteiger partial charge on any atom is 0.273 e. The van der Waals surface area contributed by atoms with Gasteiger partial charge in [-0.05, 0) is 24.1 Å². The van der Waals surface area contributed by atoms with E-state index < -0.39 is 17.3 Å². The first-order chi connectivity index (χ1) is 5.95. The van der Waals surface area contributed by atoms with Crippen LogP contribution in [0.1, 0.15) is 25.0 Å². The zero-order valence-corrected chi connectivity index (χ0v) is 7.57. The summed E-state index contributed by atoms with van der Waals surface area (Å²) in [5.74, 6) is -3.94. The first-order valence-corrected chi connectivity index (χ1v) is 4.12. The molecule has 0 amide bonds. The van der Waals surface area contributed by atoms with Crippen LogP contribution in [-0.4, -0.2) is 0 Å². The van der Waals surface area contributed by atoms with Crippen LogP contribution in [0.3, 0.4) is 0 Å². The predicted octanol–water partition coefficient (Wildman–Crippen LogP) is 3.50. The Morgan fingerprint density at radius 3 is 2.38 bits per heavy atom. The Balaban J connectivity index is 3.19. The van der Waals surface area contributed by atoms with Crippen molar-refractivity contribution in [1.82, 2.24) is 0 Å². The van der Waals surface area contributed by atoms with Crippen molar-refractivity contribution in [3.8, 4) is 0 Å². The lowest BCUT2D eigenvalue weighted by atomic mass is 10.0. The van der Waals surface area contributed by atoms with E-state index in [1.54, 1.807) is 0 Å². The summed E-state index contributed by atoms with van der Waals surface area (Å²) in [6.07, 6.45) is 0.628. The minimum atomic E-state index is -3.10. The standard InChI is InChI=1S/C10H11F3/c1-3-7-4-5-9(11)8(6-7)10(2,12)13/h4-6H,3H2,1-2H3. The first kappa shape index (κ1) is 10.1. The van der Waals surface area contributed by atoms with E-state index in [-0.39, 0.29) is 0 Å². The Morgan fingerprint density at radius 2 is 1.92 bits per heavy atom. The van der Waals surface area contributed by atoms with E-state index >= 15 is 0 Å². The van der Waals surface area contributed by atoms with Crippen LogP contribution in [0.25, 0.3) is 0 Å². The highest BCUT2D eigenvalue weighted by atomic mass is 19.3. The van der Waals surface area contributed by atoms with Crippen LogP contribution < -0.4 is 0 Å². The highest BCUT2D eigenvalue weighted by molar-refractivity contribution is 5.28. The molecule has 0 fully saturated rings. The highest BCUT2D eigenvalue weighted by Gasteiger charge is 2.28. The van der Waals surface area contributed by atoms with Crippen molar-refractivity contribution in [2.75, 3.05) is 0 Å². The summed E-state index contributed by atoms with van der Waals surface area (Å²) in [4.78, 5) is 0. The third kappa shape index (κ3) is 2.23. The smallest absolute Gasteiger partial charge is 0.206 e. The number of alkyl halides is 2. The van der Waals surface area contributed by atoms with Crippen molar-refractivity contribution in [3.05, 3.63) is 35.1 Å². The Bertz CT molecular complexity index is 300. The van der Waals surface area contributed by atoms with Gasteiger partial charge in [-0.15, -0.1) is 0 Å². The third-order valence-electron chi connectivity index (χ3n) is 1.91. The first-order valence-electron chi connectivity index (χ1n) is 4.12. The van der Waals surface area contributed by atoms with Crippen molar-refractivity contribution < 1.29 is 13.2 Å². The van der Waals surface area contributed by atoms with Crippen LogP contribution in [0.15, 0.2) is 18.2 Å². The van der Waals surface area contributed by atoms with E-state index in [4.69, 9.17) is 0 Å². The van der Waals surface area contributed by atoms with Crippen LogP contribution in [-0.2, 0) is 12.3 Å². The van der Waals surface area contributed by atoms with E-state index in [0.29, 0.717) is 13.3 Å². The molecule has 3 heteroatoms. The molecule has 0 aliphatic heterocycles. The van der Waals surface area contributed by atoms with Crippen molar-refractivity contribution in [2.24, 2.45) is 0 Å². The molecular formula is C10H11F3. The van der Waals surface area contributed by atoms with Gasteiger partial charge in [-0.3, -0.25) is 0 Å². The van der Waals surface area contributed by atoms with Crippen molar-refractivity contribution in [1.29, 1.82) is 0 Å². The molecule has 1 aromatic carbocycles. The molecule has 13 heavy (non-hydrogen) atoms. The van der Waals surface area contributed by atoms with Gasteiger partial charge in [0.2, 0.25) is 0 Å². The third-order valence-corrected chi connectivity index (χ3v) is 1.91. The minimum absolute atomic E-state index is 0.521. The predicted molar refractivity (Wildman–Crippen MR) is 45.3 cm³/mol. The largest absolute Gasteiger partial charge is 0.273 e. The molecule has 0 saturated heterocycles. The molecule has 0 aromatic heterocycles. The lowest BCUT2D eigenvalue weighted by molar-refractivity contribution is 0.0137. The number of hydrogen-bond donors (Lipinski definition) is 0. The van der Waals surface area contributed by atoms with E-state index in [2.05, 4.69) is 0 Å². The van der Waals surface area contributed by atoms with Crippen LogP contribution in [0, 0.1) is 5.82 Å². The van der Waals surface area contributed by atoms with Crippen LogP contribution in [0.2, 0.25) is 0 Å². The number of benzene rings is 1. The second kappa shape index (κ2) is 3.40. The topological polar surface area (TPSA) is 0 Å². The number of halogens is 3. The molecule has 0 unspecified atom stereocenters. The summed E-state index contributed by atoms with van der Waals surface area (Å²) >= 11 is 0. The van der Waals surface area contributed by atoms with Gasteiger partial charge in [0.1, 0.15) is 5.82 Å². The highest BCUT2D eigenvalue weighted by Crippen LogP contribution is 2.29. The second-order valence-corrected chi connectivity index (χ2v) is 3.06. The Labute approximate surface area is 75.4 Å². The molecule has 0 heterocycles. The summed E-state index contributed by atoms with van der Waals surface area (Å²) in [6, 6.07) is 3.82. The summed E-state index contributed by atoms with van der Waals surface area (Å²) in [7, 11) is 0. The molecule has 0 N–H and O–H groups in total. The van der Waals surface area contributed by atoms with Crippen LogP contribution in [0.5, 0.6) is 0 Å². The summed E-state index contributed by atoms with van der Waals surface area (Å²) in [5, 5.41) is 0. The van der Waals surface area contributed by atoms with Crippen molar-refractivity contribution >= 4 is 0 Å². The van der Waals surface area contributed by atoms with Gasteiger partial charge in [0.05, 0.1) is 5.56 Å². The lowest BCUT2D eigenvalue weighted by Crippen LogP contribution is -2.10. The second-order valence-electron chi connectivity index (χ2n) is 3.06. The molecule has 72 valence electrons. The van der Waals surface area contributed by atoms with Gasteiger partial charge in [0.15, 0.2) is 0 Å². The molecule has 1 aromatic rings. The fourth-order valence-corrected chi connectivity index (χ4v) is 1.13. The number of rotatable bonds is 2. The van der Waals surface area contributed by atoms with Gasteiger partial charge < -0.3 is 0 Å². The lowest BCUT2D eigenvalue weighted by Gasteiger charge is -2.12. The van der Waals surface area contributed by atoms with Gasteiger partial charge in [-0.2, -0.15) is 0 Å². The molecule has 0 nitrogen and oxygen atoms in total. The molecule has 1 rings (SSSR count). The average Bonchev–Trinajstić information content (AvgIpc) is 2.03. The maximum absolute atomic E-state index is 12.9.